The molecule has 0 amide bonds. The molecule has 0 aromatic carbocycles. The lowest BCUT2D eigenvalue weighted by molar-refractivity contribution is 0.211. The van der Waals surface area contributed by atoms with Crippen molar-refractivity contribution in [2.75, 3.05) is 5.33 Å². The Kier molecular flexibility index (Phi) is 3.79. The lowest BCUT2D eigenvalue weighted by Gasteiger charge is -2.01. The highest BCUT2D eigenvalue weighted by Crippen LogP contribution is 2.35. The molecule has 0 aliphatic heterocycles. The predicted molar refractivity (Wildman–Crippen MR) is 54.5 cm³/mol. The maximum atomic E-state index is 5.15. The van der Waals surface area contributed by atoms with Gasteiger partial charge in [-0.25, -0.2) is 0 Å². The lowest BCUT2D eigenvalue weighted by atomic mass is 10.3. The Hall–Kier alpha value is -0.310. The van der Waals surface area contributed by atoms with Crippen LogP contribution in [0.1, 0.15) is 26.2 Å². The third-order valence-electron chi connectivity index (χ3n) is 1.81. The van der Waals surface area contributed by atoms with Crippen LogP contribution in [0, 0.1) is 5.92 Å². The summed E-state index contributed by atoms with van der Waals surface area (Å²) in [4.78, 5) is 5.15. The molecule has 1 rings (SSSR count). The standard InChI is InChI=1S/C9H14BrNO/c1-7(5-6-10)11-12-8(2)9-3-4-9/h9H,2-6H2,1H3/b11-7-. The van der Waals surface area contributed by atoms with Crippen LogP contribution in [0.25, 0.3) is 0 Å². The number of allylic oxidation sites excluding steroid dienone is 1. The number of oxime groups is 1. The van der Waals surface area contributed by atoms with Crippen LogP contribution in [0.5, 0.6) is 0 Å². The van der Waals surface area contributed by atoms with E-state index in [1.165, 1.54) is 12.8 Å². The van der Waals surface area contributed by atoms with E-state index < -0.39 is 0 Å². The fourth-order valence-electron chi connectivity index (χ4n) is 0.799. The van der Waals surface area contributed by atoms with Gasteiger partial charge in [-0.3, -0.25) is 0 Å². The fraction of sp³-hybridized carbons (Fsp3) is 0.667. The van der Waals surface area contributed by atoms with Crippen molar-refractivity contribution in [3.05, 3.63) is 12.3 Å². The van der Waals surface area contributed by atoms with Crippen LogP contribution in [0.15, 0.2) is 17.5 Å². The molecule has 1 saturated carbocycles. The Morgan fingerprint density at radius 2 is 2.33 bits per heavy atom. The maximum Gasteiger partial charge on any atom is 0.130 e. The summed E-state index contributed by atoms with van der Waals surface area (Å²) in [5.41, 5.74) is 1.01. The summed E-state index contributed by atoms with van der Waals surface area (Å²) in [6.45, 7) is 5.77. The SMILES string of the molecule is C=C(O/N=C(/C)CCBr)C1CC1. The first-order chi connectivity index (χ1) is 5.74. The van der Waals surface area contributed by atoms with Crippen molar-refractivity contribution in [1.82, 2.24) is 0 Å². The second-order valence-electron chi connectivity index (χ2n) is 3.10. The summed E-state index contributed by atoms with van der Waals surface area (Å²) >= 11 is 3.34. The van der Waals surface area contributed by atoms with E-state index in [9.17, 15) is 0 Å². The Morgan fingerprint density at radius 1 is 1.67 bits per heavy atom. The van der Waals surface area contributed by atoms with E-state index >= 15 is 0 Å². The zero-order valence-corrected chi connectivity index (χ0v) is 8.93. The molecule has 1 aliphatic carbocycles. The minimum absolute atomic E-state index is 0.575. The summed E-state index contributed by atoms with van der Waals surface area (Å²) in [5, 5.41) is 4.89. The third kappa shape index (κ3) is 3.39. The molecule has 0 atom stereocenters. The van der Waals surface area contributed by atoms with Gasteiger partial charge in [-0.15, -0.1) is 0 Å². The van der Waals surface area contributed by atoms with Gasteiger partial charge in [0.05, 0.1) is 5.71 Å². The van der Waals surface area contributed by atoms with Gasteiger partial charge in [0.1, 0.15) is 5.76 Å². The van der Waals surface area contributed by atoms with Crippen molar-refractivity contribution >= 4 is 21.6 Å². The van der Waals surface area contributed by atoms with Gasteiger partial charge < -0.3 is 4.84 Å². The van der Waals surface area contributed by atoms with Crippen molar-refractivity contribution in [2.45, 2.75) is 26.2 Å². The highest BCUT2D eigenvalue weighted by molar-refractivity contribution is 9.09. The summed E-state index contributed by atoms with van der Waals surface area (Å²) < 4.78 is 0. The molecule has 0 aromatic heterocycles. The Labute approximate surface area is 81.8 Å². The predicted octanol–water partition coefficient (Wildman–Crippen LogP) is 3.09. The highest BCUT2D eigenvalue weighted by atomic mass is 79.9. The van der Waals surface area contributed by atoms with Gasteiger partial charge in [-0.2, -0.15) is 0 Å². The molecular formula is C9H14BrNO. The normalized spacial score (nSPS) is 17.7. The van der Waals surface area contributed by atoms with Crippen LogP contribution in [0.2, 0.25) is 0 Å². The van der Waals surface area contributed by atoms with Gasteiger partial charge in [0.25, 0.3) is 0 Å². The zero-order chi connectivity index (χ0) is 8.97. The van der Waals surface area contributed by atoms with Crippen LogP contribution in [-0.2, 0) is 4.84 Å². The van der Waals surface area contributed by atoms with E-state index in [1.807, 2.05) is 6.92 Å². The van der Waals surface area contributed by atoms with Crippen LogP contribution in [0.4, 0.5) is 0 Å². The first-order valence-electron chi connectivity index (χ1n) is 4.19. The van der Waals surface area contributed by atoms with Gasteiger partial charge in [0, 0.05) is 11.2 Å². The van der Waals surface area contributed by atoms with E-state index in [1.54, 1.807) is 0 Å². The average molecular weight is 232 g/mol. The molecule has 0 radical (unpaired) electrons. The van der Waals surface area contributed by atoms with Gasteiger partial charge in [-0.1, -0.05) is 27.7 Å². The molecule has 0 bridgehead atoms. The number of halogens is 1. The molecular weight excluding hydrogens is 218 g/mol. The number of rotatable bonds is 5. The number of nitrogens with zero attached hydrogens (tertiary/aromatic N) is 1. The van der Waals surface area contributed by atoms with Crippen LogP contribution < -0.4 is 0 Å². The molecule has 0 N–H and O–H groups in total. The van der Waals surface area contributed by atoms with Gasteiger partial charge in [0.15, 0.2) is 0 Å². The van der Waals surface area contributed by atoms with E-state index in [2.05, 4.69) is 27.7 Å². The smallest absolute Gasteiger partial charge is 0.130 e. The van der Waals surface area contributed by atoms with Crippen molar-refractivity contribution in [1.29, 1.82) is 0 Å². The Morgan fingerprint density at radius 3 is 2.83 bits per heavy atom. The summed E-state index contributed by atoms with van der Waals surface area (Å²) in [6.07, 6.45) is 3.36. The second kappa shape index (κ2) is 4.65. The average Bonchev–Trinajstić information content (AvgIpc) is 2.83. The number of alkyl halides is 1. The van der Waals surface area contributed by atoms with Gasteiger partial charge >= 0.3 is 0 Å². The molecule has 0 spiro atoms. The minimum atomic E-state index is 0.575. The zero-order valence-electron chi connectivity index (χ0n) is 7.35. The van der Waals surface area contributed by atoms with E-state index in [0.717, 1.165) is 23.2 Å². The summed E-state index contributed by atoms with van der Waals surface area (Å²) in [5.74, 6) is 1.40. The quantitative estimate of drug-likeness (QED) is 0.309. The summed E-state index contributed by atoms with van der Waals surface area (Å²) in [6, 6.07) is 0. The largest absolute Gasteiger partial charge is 0.362 e. The first kappa shape index (κ1) is 9.78. The molecule has 68 valence electrons. The summed E-state index contributed by atoms with van der Waals surface area (Å²) in [7, 11) is 0. The molecule has 1 fully saturated rings. The maximum absolute atomic E-state index is 5.15. The number of hydrogen-bond donors (Lipinski definition) is 0. The lowest BCUT2D eigenvalue weighted by Crippen LogP contribution is -1.95. The molecule has 3 heteroatoms. The van der Waals surface area contributed by atoms with Crippen molar-refractivity contribution in [3.63, 3.8) is 0 Å². The minimum Gasteiger partial charge on any atom is -0.362 e. The first-order valence-corrected chi connectivity index (χ1v) is 5.31. The fourth-order valence-corrected chi connectivity index (χ4v) is 1.37. The topological polar surface area (TPSA) is 21.6 Å². The van der Waals surface area contributed by atoms with Crippen LogP contribution in [-0.4, -0.2) is 11.0 Å². The molecule has 12 heavy (non-hydrogen) atoms. The van der Waals surface area contributed by atoms with E-state index in [0.29, 0.717) is 5.92 Å². The molecule has 2 nitrogen and oxygen atoms in total. The monoisotopic (exact) mass is 231 g/mol. The van der Waals surface area contributed by atoms with Crippen molar-refractivity contribution < 1.29 is 4.84 Å². The molecule has 0 heterocycles. The van der Waals surface area contributed by atoms with Crippen LogP contribution in [0.3, 0.4) is 0 Å². The van der Waals surface area contributed by atoms with Crippen molar-refractivity contribution in [3.8, 4) is 0 Å². The highest BCUT2D eigenvalue weighted by Gasteiger charge is 2.26. The van der Waals surface area contributed by atoms with Crippen molar-refractivity contribution in [2.24, 2.45) is 11.1 Å². The second-order valence-corrected chi connectivity index (χ2v) is 3.89. The molecule has 0 unspecified atom stereocenters. The Bertz CT molecular complexity index is 197. The van der Waals surface area contributed by atoms with Gasteiger partial charge in [-0.05, 0) is 26.2 Å². The van der Waals surface area contributed by atoms with Crippen LogP contribution >= 0.6 is 15.9 Å². The molecule has 1 aliphatic rings. The third-order valence-corrected chi connectivity index (χ3v) is 2.20. The molecule has 0 aromatic rings. The van der Waals surface area contributed by atoms with Gasteiger partial charge in [0.2, 0.25) is 0 Å². The van der Waals surface area contributed by atoms with E-state index in [4.69, 9.17) is 4.84 Å². The number of hydrogen-bond acceptors (Lipinski definition) is 2. The van der Waals surface area contributed by atoms with E-state index in [-0.39, 0.29) is 0 Å². The Balaban J connectivity index is 2.21. The molecule has 0 saturated heterocycles.